The van der Waals surface area contributed by atoms with Crippen molar-refractivity contribution in [2.45, 2.75) is 30.9 Å². The maximum atomic E-state index is 11.5. The summed E-state index contributed by atoms with van der Waals surface area (Å²) in [7, 11) is -3.21. The largest absolute Gasteiger partial charge is 0.377 e. The second kappa shape index (κ2) is 6.29. The van der Waals surface area contributed by atoms with Gasteiger partial charge >= 0.3 is 0 Å². The lowest BCUT2D eigenvalue weighted by Gasteiger charge is -2.18. The molecule has 0 aromatic heterocycles. The molecule has 5 nitrogen and oxygen atoms in total. The van der Waals surface area contributed by atoms with Crippen molar-refractivity contribution in [2.24, 2.45) is 5.84 Å². The van der Waals surface area contributed by atoms with Crippen LogP contribution >= 0.6 is 0 Å². The molecule has 0 heterocycles. The van der Waals surface area contributed by atoms with E-state index in [1.807, 2.05) is 19.9 Å². The van der Waals surface area contributed by atoms with Gasteiger partial charge in [-0.15, -0.1) is 0 Å². The Balaban J connectivity index is 2.93. The van der Waals surface area contributed by atoms with E-state index in [2.05, 4.69) is 5.43 Å². The summed E-state index contributed by atoms with van der Waals surface area (Å²) < 4.78 is 28.4. The number of hydrogen-bond donors (Lipinski definition) is 2. The van der Waals surface area contributed by atoms with Gasteiger partial charge in [-0.2, -0.15) is 0 Å². The van der Waals surface area contributed by atoms with Crippen LogP contribution in [0.1, 0.15) is 25.5 Å². The first-order valence-electron chi connectivity index (χ1n) is 5.72. The molecule has 1 aromatic carbocycles. The minimum Gasteiger partial charge on any atom is -0.377 e. The Morgan fingerprint density at radius 3 is 2.56 bits per heavy atom. The number of benzene rings is 1. The minimum absolute atomic E-state index is 0.0962. The third kappa shape index (κ3) is 4.38. The highest BCUT2D eigenvalue weighted by Crippen LogP contribution is 2.18. The highest BCUT2D eigenvalue weighted by atomic mass is 32.2. The SMILES string of the molecule is CC(C)OCC(NN)c1cccc(S(C)(=O)=O)c1. The van der Waals surface area contributed by atoms with Crippen molar-refractivity contribution in [3.63, 3.8) is 0 Å². The molecular weight excluding hydrogens is 252 g/mol. The summed E-state index contributed by atoms with van der Waals surface area (Å²) in [6.07, 6.45) is 1.28. The van der Waals surface area contributed by atoms with E-state index in [-0.39, 0.29) is 17.0 Å². The molecule has 0 bridgehead atoms. The molecule has 0 spiro atoms. The Labute approximate surface area is 108 Å². The van der Waals surface area contributed by atoms with E-state index in [4.69, 9.17) is 10.6 Å². The van der Waals surface area contributed by atoms with Gasteiger partial charge in [0.05, 0.1) is 23.6 Å². The van der Waals surface area contributed by atoms with E-state index in [0.717, 1.165) is 5.56 Å². The topological polar surface area (TPSA) is 81.4 Å². The molecule has 0 aliphatic rings. The van der Waals surface area contributed by atoms with Gasteiger partial charge in [0.15, 0.2) is 9.84 Å². The maximum absolute atomic E-state index is 11.5. The van der Waals surface area contributed by atoms with Crippen molar-refractivity contribution < 1.29 is 13.2 Å². The van der Waals surface area contributed by atoms with Crippen LogP contribution in [0.15, 0.2) is 29.2 Å². The third-order valence-corrected chi connectivity index (χ3v) is 3.60. The number of rotatable bonds is 6. The summed E-state index contributed by atoms with van der Waals surface area (Å²) in [5.74, 6) is 5.47. The zero-order valence-electron chi connectivity index (χ0n) is 10.9. The molecule has 0 saturated heterocycles. The van der Waals surface area contributed by atoms with E-state index >= 15 is 0 Å². The second-order valence-electron chi connectivity index (χ2n) is 4.45. The molecule has 18 heavy (non-hydrogen) atoms. The van der Waals surface area contributed by atoms with Gasteiger partial charge in [-0.3, -0.25) is 11.3 Å². The van der Waals surface area contributed by atoms with E-state index in [1.165, 1.54) is 6.26 Å². The third-order valence-electron chi connectivity index (χ3n) is 2.49. The van der Waals surface area contributed by atoms with E-state index < -0.39 is 9.84 Å². The van der Waals surface area contributed by atoms with Crippen molar-refractivity contribution in [1.82, 2.24) is 5.43 Å². The van der Waals surface area contributed by atoms with Gasteiger partial charge < -0.3 is 4.74 Å². The highest BCUT2D eigenvalue weighted by Gasteiger charge is 2.14. The Bertz CT molecular complexity index is 486. The normalized spacial score (nSPS) is 13.8. The lowest BCUT2D eigenvalue weighted by Crippen LogP contribution is -2.32. The summed E-state index contributed by atoms with van der Waals surface area (Å²) in [5.41, 5.74) is 3.43. The smallest absolute Gasteiger partial charge is 0.175 e. The molecule has 102 valence electrons. The van der Waals surface area contributed by atoms with Gasteiger partial charge in [0, 0.05) is 6.26 Å². The van der Waals surface area contributed by atoms with Crippen molar-refractivity contribution in [3.8, 4) is 0 Å². The lowest BCUT2D eigenvalue weighted by atomic mass is 10.1. The second-order valence-corrected chi connectivity index (χ2v) is 6.46. The van der Waals surface area contributed by atoms with Gasteiger partial charge in [0.1, 0.15) is 0 Å². The lowest BCUT2D eigenvalue weighted by molar-refractivity contribution is 0.0611. The van der Waals surface area contributed by atoms with Crippen LogP contribution in [0.25, 0.3) is 0 Å². The molecule has 3 N–H and O–H groups in total. The predicted molar refractivity (Wildman–Crippen MR) is 70.7 cm³/mol. The van der Waals surface area contributed by atoms with Gasteiger partial charge in [-0.05, 0) is 31.5 Å². The summed E-state index contributed by atoms with van der Waals surface area (Å²) in [6, 6.07) is 6.47. The highest BCUT2D eigenvalue weighted by molar-refractivity contribution is 7.90. The van der Waals surface area contributed by atoms with Crippen molar-refractivity contribution >= 4 is 9.84 Å². The van der Waals surface area contributed by atoms with E-state index in [0.29, 0.717) is 6.61 Å². The zero-order chi connectivity index (χ0) is 13.8. The predicted octanol–water partition coefficient (Wildman–Crippen LogP) is 1.02. The van der Waals surface area contributed by atoms with Gasteiger partial charge in [-0.25, -0.2) is 8.42 Å². The monoisotopic (exact) mass is 272 g/mol. The maximum Gasteiger partial charge on any atom is 0.175 e. The number of ether oxygens (including phenoxy) is 1. The van der Waals surface area contributed by atoms with E-state index in [1.54, 1.807) is 18.2 Å². The average molecular weight is 272 g/mol. The van der Waals surface area contributed by atoms with Crippen LogP contribution in [0.5, 0.6) is 0 Å². The van der Waals surface area contributed by atoms with Crippen molar-refractivity contribution in [2.75, 3.05) is 12.9 Å². The van der Waals surface area contributed by atoms with Crippen LogP contribution in [0.2, 0.25) is 0 Å². The van der Waals surface area contributed by atoms with Crippen molar-refractivity contribution in [1.29, 1.82) is 0 Å². The van der Waals surface area contributed by atoms with Crippen molar-refractivity contribution in [3.05, 3.63) is 29.8 Å². The van der Waals surface area contributed by atoms with Gasteiger partial charge in [-0.1, -0.05) is 12.1 Å². The Morgan fingerprint density at radius 2 is 2.06 bits per heavy atom. The number of hydrazine groups is 1. The number of sulfone groups is 1. The van der Waals surface area contributed by atoms with Crippen LogP contribution in [0.3, 0.4) is 0 Å². The standard InChI is InChI=1S/C12H20N2O3S/c1-9(2)17-8-12(14-13)10-5-4-6-11(7-10)18(3,15)16/h4-7,9,12,14H,8,13H2,1-3H3. The Morgan fingerprint density at radius 1 is 1.39 bits per heavy atom. The number of hydrogen-bond acceptors (Lipinski definition) is 5. The van der Waals surface area contributed by atoms with Gasteiger partial charge in [0.2, 0.25) is 0 Å². The average Bonchev–Trinajstić information content (AvgIpc) is 2.29. The Hall–Kier alpha value is -0.950. The fourth-order valence-electron chi connectivity index (χ4n) is 1.49. The van der Waals surface area contributed by atoms with Crippen LogP contribution < -0.4 is 11.3 Å². The first-order valence-corrected chi connectivity index (χ1v) is 7.61. The summed E-state index contributed by atoms with van der Waals surface area (Å²) in [5, 5.41) is 0. The van der Waals surface area contributed by atoms with Gasteiger partial charge in [0.25, 0.3) is 0 Å². The molecule has 0 amide bonds. The minimum atomic E-state index is -3.21. The molecule has 0 aliphatic heterocycles. The molecule has 1 atom stereocenters. The molecule has 1 aromatic rings. The molecule has 0 saturated carbocycles. The molecular formula is C12H20N2O3S. The van der Waals surface area contributed by atoms with Crippen LogP contribution in [0, 0.1) is 0 Å². The molecule has 1 rings (SSSR count). The number of nitrogens with one attached hydrogen (secondary N) is 1. The zero-order valence-corrected chi connectivity index (χ0v) is 11.7. The summed E-state index contributed by atoms with van der Waals surface area (Å²) >= 11 is 0. The molecule has 0 aliphatic carbocycles. The molecule has 0 fully saturated rings. The Kier molecular flexibility index (Phi) is 5.28. The first kappa shape index (κ1) is 15.1. The fourth-order valence-corrected chi connectivity index (χ4v) is 2.17. The summed E-state index contributed by atoms with van der Waals surface area (Å²) in [6.45, 7) is 4.25. The first-order chi connectivity index (χ1) is 8.34. The van der Waals surface area contributed by atoms with Crippen LogP contribution in [-0.2, 0) is 14.6 Å². The van der Waals surface area contributed by atoms with E-state index in [9.17, 15) is 8.42 Å². The van der Waals surface area contributed by atoms with Crippen LogP contribution in [-0.4, -0.2) is 27.4 Å². The quantitative estimate of drug-likeness (QED) is 0.597. The molecule has 0 radical (unpaired) electrons. The fraction of sp³-hybridized carbons (Fsp3) is 0.500. The molecule has 6 heteroatoms. The van der Waals surface area contributed by atoms with Crippen LogP contribution in [0.4, 0.5) is 0 Å². The number of nitrogens with two attached hydrogens (primary N) is 1. The summed E-state index contributed by atoms with van der Waals surface area (Å²) in [4.78, 5) is 0.282. The molecule has 1 unspecified atom stereocenters.